The lowest BCUT2D eigenvalue weighted by Crippen LogP contribution is -2.30. The second-order valence-corrected chi connectivity index (χ2v) is 19.1. The van der Waals surface area contributed by atoms with Crippen molar-refractivity contribution in [1.29, 1.82) is 0 Å². The van der Waals surface area contributed by atoms with Crippen LogP contribution in [0.1, 0.15) is 59.6 Å². The van der Waals surface area contributed by atoms with Gasteiger partial charge in [0.25, 0.3) is 20.0 Å². The number of aliphatic hydroxyl groups excluding tert-OH is 1. The molecule has 0 aliphatic heterocycles. The minimum Gasteiger partial charge on any atom is -0.497 e. The van der Waals surface area contributed by atoms with E-state index in [4.69, 9.17) is 18.9 Å². The van der Waals surface area contributed by atoms with Crippen molar-refractivity contribution in [3.63, 3.8) is 0 Å². The maximum absolute atomic E-state index is 13.7. The largest absolute Gasteiger partial charge is 0.497 e. The van der Waals surface area contributed by atoms with Gasteiger partial charge in [-0.2, -0.15) is 18.8 Å². The number of methoxy groups -OCH3 is 4. The summed E-state index contributed by atoms with van der Waals surface area (Å²) in [5.74, 6) is 2.82. The van der Waals surface area contributed by atoms with Crippen LogP contribution in [-0.4, -0.2) is 97.5 Å². The molecule has 0 spiro atoms. The van der Waals surface area contributed by atoms with Crippen molar-refractivity contribution in [3.8, 4) is 23.0 Å². The summed E-state index contributed by atoms with van der Waals surface area (Å²) in [5, 5.41) is 18.3. The molecule has 2 aromatic heterocycles. The Bertz CT molecular complexity index is 2530. The van der Waals surface area contributed by atoms with Crippen LogP contribution in [0.25, 0.3) is 0 Å². The Morgan fingerprint density at radius 2 is 0.781 bits per heavy atom. The fourth-order valence-electron chi connectivity index (χ4n) is 6.66. The molecule has 6 aromatic rings. The lowest BCUT2D eigenvalue weighted by Gasteiger charge is -2.22. The topological polar surface area (TPSA) is 171 Å². The first-order valence-corrected chi connectivity index (χ1v) is 23.2. The molecular weight excluding hydrogens is 859 g/mol. The average molecular weight is 918 g/mol. The fourth-order valence-corrected chi connectivity index (χ4v) is 9.46. The van der Waals surface area contributed by atoms with E-state index in [9.17, 15) is 21.9 Å². The van der Waals surface area contributed by atoms with Crippen LogP contribution >= 0.6 is 0 Å². The predicted octanol–water partition coefficient (Wildman–Crippen LogP) is 6.33. The third-order valence-electron chi connectivity index (χ3n) is 10.7. The number of hydrogen-bond donors (Lipinski definition) is 1. The van der Waals surface area contributed by atoms with E-state index in [0.717, 1.165) is 39.4 Å². The third kappa shape index (κ3) is 12.3. The Morgan fingerprint density at radius 1 is 0.516 bits per heavy atom. The number of aromatic nitrogens is 4. The highest BCUT2D eigenvalue weighted by molar-refractivity contribution is 7.89. The van der Waals surface area contributed by atoms with Gasteiger partial charge in [-0.25, -0.2) is 16.8 Å². The zero-order chi connectivity index (χ0) is 46.8. The summed E-state index contributed by atoms with van der Waals surface area (Å²) < 4.78 is 81.1. The number of aryl methyl sites for hydroxylation is 2. The summed E-state index contributed by atoms with van der Waals surface area (Å²) in [6, 6.07) is 32.3. The minimum atomic E-state index is -3.94. The van der Waals surface area contributed by atoms with E-state index in [1.165, 1.54) is 19.4 Å². The molecule has 0 fully saturated rings. The molecule has 16 nitrogen and oxygen atoms in total. The highest BCUT2D eigenvalue weighted by Crippen LogP contribution is 2.27. The van der Waals surface area contributed by atoms with Gasteiger partial charge in [0.2, 0.25) is 0 Å². The van der Waals surface area contributed by atoms with Crippen molar-refractivity contribution in [2.75, 3.05) is 42.5 Å². The number of aliphatic hydroxyl groups is 1. The van der Waals surface area contributed by atoms with Crippen LogP contribution < -0.4 is 18.9 Å². The summed E-state index contributed by atoms with van der Waals surface area (Å²) in [6.07, 6.45) is -0.835. The molecule has 64 heavy (non-hydrogen) atoms. The number of benzene rings is 4. The molecule has 0 radical (unpaired) electrons. The van der Waals surface area contributed by atoms with Crippen LogP contribution in [0.4, 0.5) is 0 Å². The van der Waals surface area contributed by atoms with Gasteiger partial charge in [-0.05, 0) is 98.7 Å². The van der Waals surface area contributed by atoms with E-state index >= 15 is 0 Å². The number of ether oxygens (including phenoxy) is 4. The molecular formula is C46H59N7O9S2. The number of nitrogens with zero attached hydrogens (tertiary/aromatic N) is 7. The zero-order valence-corrected chi connectivity index (χ0v) is 39.7. The molecule has 0 saturated carbocycles. The number of hydrogen-bond acceptors (Lipinski definition) is 12. The Balaban J connectivity index is 0.000000241. The SMILES string of the molecule is COc1ccc(CN(Cc2ccc(OC)cc2)S(=O)(=O)c2cc(C(C)N(C)C)n(C)n2)cc1.COc1ccc(CN(Cc2ccc(OC)cc2)S(=O)(=O)c2cc(C(C)O)n(C)n2)cc1. The first-order valence-electron chi connectivity index (χ1n) is 20.3. The summed E-state index contributed by atoms with van der Waals surface area (Å²) in [5.41, 5.74) is 4.57. The van der Waals surface area contributed by atoms with Gasteiger partial charge in [-0.1, -0.05) is 48.5 Å². The lowest BCUT2D eigenvalue weighted by atomic mass is 10.2. The first kappa shape index (κ1) is 49.3. The third-order valence-corrected chi connectivity index (χ3v) is 14.0. The maximum atomic E-state index is 13.7. The average Bonchev–Trinajstić information content (AvgIpc) is 3.90. The molecule has 1 N–H and O–H groups in total. The highest BCUT2D eigenvalue weighted by atomic mass is 32.2. The molecule has 0 aliphatic carbocycles. The van der Waals surface area contributed by atoms with Crippen molar-refractivity contribution in [3.05, 3.63) is 143 Å². The Hall–Kier alpha value is -5.76. The van der Waals surface area contributed by atoms with Crippen molar-refractivity contribution >= 4 is 20.0 Å². The molecule has 2 atom stereocenters. The van der Waals surface area contributed by atoms with Gasteiger partial charge in [-0.15, -0.1) is 0 Å². The van der Waals surface area contributed by atoms with Gasteiger partial charge >= 0.3 is 0 Å². The van der Waals surface area contributed by atoms with E-state index in [-0.39, 0.29) is 42.3 Å². The monoisotopic (exact) mass is 917 g/mol. The maximum Gasteiger partial charge on any atom is 0.263 e. The zero-order valence-electron chi connectivity index (χ0n) is 38.0. The van der Waals surface area contributed by atoms with Crippen LogP contribution in [0.15, 0.2) is 119 Å². The molecule has 4 aromatic carbocycles. The van der Waals surface area contributed by atoms with E-state index in [1.807, 2.05) is 98.7 Å². The standard InChI is InChI=1S/C24H32N4O4S.C22H27N3O5S/c1-18(26(2)3)23-15-24(25-27(23)4)33(29,30)28(16-19-7-11-21(31-5)12-8-19)17-20-9-13-22(32-6)14-10-20;1-16(26)21-13-22(23-24(21)2)31(27,28)25(14-17-5-9-19(29-3)10-6-17)15-18-7-11-20(30-4)12-8-18/h7-15,18H,16-17H2,1-6H3;5-13,16,26H,14-15H2,1-4H3. The molecule has 2 unspecified atom stereocenters. The van der Waals surface area contributed by atoms with Gasteiger partial charge in [0.05, 0.1) is 45.9 Å². The summed E-state index contributed by atoms with van der Waals surface area (Å²) in [7, 11) is 5.83. The second kappa shape index (κ2) is 21.7. The Labute approximate surface area is 377 Å². The smallest absolute Gasteiger partial charge is 0.263 e. The van der Waals surface area contributed by atoms with Gasteiger partial charge in [-0.3, -0.25) is 9.36 Å². The van der Waals surface area contributed by atoms with Crippen molar-refractivity contribution in [2.24, 2.45) is 14.1 Å². The molecule has 0 aliphatic rings. The normalized spacial score (nSPS) is 12.8. The van der Waals surface area contributed by atoms with Gasteiger partial charge in [0, 0.05) is 58.4 Å². The summed E-state index contributed by atoms with van der Waals surface area (Å²) in [6.45, 7) is 4.29. The van der Waals surface area contributed by atoms with Gasteiger partial charge in [0.1, 0.15) is 23.0 Å². The lowest BCUT2D eigenvalue weighted by molar-refractivity contribution is 0.189. The molecule has 0 saturated heterocycles. The quantitative estimate of drug-likeness (QED) is 0.0959. The van der Waals surface area contributed by atoms with Crippen LogP contribution in [0.2, 0.25) is 0 Å². The van der Waals surface area contributed by atoms with E-state index in [0.29, 0.717) is 17.2 Å². The van der Waals surface area contributed by atoms with Crippen LogP contribution in [0, 0.1) is 0 Å². The highest BCUT2D eigenvalue weighted by Gasteiger charge is 2.31. The van der Waals surface area contributed by atoms with Crippen molar-refractivity contribution < 1.29 is 40.9 Å². The van der Waals surface area contributed by atoms with E-state index in [1.54, 1.807) is 84.5 Å². The number of sulfonamides is 2. The van der Waals surface area contributed by atoms with Crippen LogP contribution in [0.5, 0.6) is 23.0 Å². The molecule has 344 valence electrons. The summed E-state index contributed by atoms with van der Waals surface area (Å²) in [4.78, 5) is 2.01. The summed E-state index contributed by atoms with van der Waals surface area (Å²) >= 11 is 0. The molecule has 2 heterocycles. The van der Waals surface area contributed by atoms with Gasteiger partial charge < -0.3 is 29.0 Å². The Morgan fingerprint density at radius 3 is 1.02 bits per heavy atom. The predicted molar refractivity (Wildman–Crippen MR) is 244 cm³/mol. The van der Waals surface area contributed by atoms with Crippen LogP contribution in [0.3, 0.4) is 0 Å². The first-order chi connectivity index (χ1) is 30.4. The fraction of sp³-hybridized carbons (Fsp3) is 0.348. The van der Waals surface area contributed by atoms with Crippen molar-refractivity contribution in [1.82, 2.24) is 33.1 Å². The number of rotatable bonds is 19. The van der Waals surface area contributed by atoms with Crippen molar-refractivity contribution in [2.45, 2.75) is 62.2 Å². The van der Waals surface area contributed by atoms with Gasteiger partial charge in [0.15, 0.2) is 10.1 Å². The second-order valence-electron chi connectivity index (χ2n) is 15.3. The Kier molecular flexibility index (Phi) is 16.7. The van der Waals surface area contributed by atoms with E-state index in [2.05, 4.69) is 10.2 Å². The van der Waals surface area contributed by atoms with Crippen LogP contribution in [-0.2, 0) is 60.3 Å². The molecule has 0 amide bonds. The molecule has 0 bridgehead atoms. The molecule has 18 heteroatoms. The molecule has 6 rings (SSSR count). The van der Waals surface area contributed by atoms with E-state index < -0.39 is 26.2 Å². The minimum absolute atomic E-state index is 0.0167.